The second-order valence-corrected chi connectivity index (χ2v) is 7.69. The minimum atomic E-state index is -1.04. The van der Waals surface area contributed by atoms with Gasteiger partial charge in [0, 0.05) is 28.6 Å². The molecule has 6 nitrogen and oxygen atoms in total. The number of carbonyl (C=O) groups is 2. The molecule has 1 unspecified atom stereocenters. The fourth-order valence-electron chi connectivity index (χ4n) is 2.74. The summed E-state index contributed by atoms with van der Waals surface area (Å²) in [6.45, 7) is 0. The summed E-state index contributed by atoms with van der Waals surface area (Å²) in [7, 11) is 0. The van der Waals surface area contributed by atoms with Crippen molar-refractivity contribution in [2.24, 2.45) is 0 Å². The molecule has 1 amide bonds. The number of rotatable bonds is 4. The predicted octanol–water partition coefficient (Wildman–Crippen LogP) is 2.42. The zero-order chi connectivity index (χ0) is 16.7. The highest BCUT2D eigenvalue weighted by Gasteiger charge is 2.52. The van der Waals surface area contributed by atoms with Crippen molar-refractivity contribution in [3.8, 4) is 11.4 Å². The Morgan fingerprint density at radius 1 is 1.38 bits per heavy atom. The standard InChI is InChI=1S/C16H13N3O3S2/c20-14-12(15-19(14)11(16(21)22)5-8-23-15)24-10-3-1-9(2-4-10)13-17-6-7-18-13/h1-7,12,15H,8H2,(H,17,18)(H,21,22)/t12?,15-/m0/s1. The van der Waals surface area contributed by atoms with Crippen LogP contribution in [-0.2, 0) is 9.59 Å². The largest absolute Gasteiger partial charge is 0.477 e. The number of carboxylic acid groups (broad SMARTS) is 1. The SMILES string of the molecule is O=C(O)C1=CCS[C@H]2C(Sc3ccc(-c4ncc[nH]4)cc3)C(=O)N12. The zero-order valence-electron chi connectivity index (χ0n) is 12.4. The smallest absolute Gasteiger partial charge is 0.352 e. The topological polar surface area (TPSA) is 86.3 Å². The molecule has 0 aliphatic carbocycles. The number of imidazole rings is 1. The average Bonchev–Trinajstić information content (AvgIpc) is 3.13. The minimum absolute atomic E-state index is 0.105. The first kappa shape index (κ1) is 15.3. The van der Waals surface area contributed by atoms with E-state index in [4.69, 9.17) is 0 Å². The van der Waals surface area contributed by atoms with E-state index in [1.165, 1.54) is 16.7 Å². The molecule has 0 radical (unpaired) electrons. The van der Waals surface area contributed by atoms with Crippen LogP contribution < -0.4 is 0 Å². The molecule has 2 aliphatic heterocycles. The van der Waals surface area contributed by atoms with Gasteiger partial charge in [-0.05, 0) is 18.2 Å². The highest BCUT2D eigenvalue weighted by molar-refractivity contribution is 8.04. The molecule has 2 aromatic rings. The number of carbonyl (C=O) groups excluding carboxylic acids is 1. The number of aliphatic carboxylic acids is 1. The average molecular weight is 359 g/mol. The molecular formula is C16H13N3O3S2. The predicted molar refractivity (Wildman–Crippen MR) is 92.5 cm³/mol. The van der Waals surface area contributed by atoms with Crippen LogP contribution in [0.3, 0.4) is 0 Å². The number of carboxylic acids is 1. The number of β-lactam (4-membered cyclic amide) rings is 1. The summed E-state index contributed by atoms with van der Waals surface area (Å²) in [6, 6.07) is 7.83. The van der Waals surface area contributed by atoms with Crippen molar-refractivity contribution >= 4 is 35.4 Å². The van der Waals surface area contributed by atoms with Gasteiger partial charge in [0.05, 0.1) is 0 Å². The number of nitrogens with one attached hydrogen (secondary N) is 1. The molecule has 0 spiro atoms. The second kappa shape index (κ2) is 6.03. The van der Waals surface area contributed by atoms with Gasteiger partial charge in [-0.1, -0.05) is 12.1 Å². The number of thioether (sulfide) groups is 2. The number of aromatic amines is 1. The Bertz CT molecular complexity index is 818. The number of aromatic nitrogens is 2. The lowest BCUT2D eigenvalue weighted by atomic mass is 10.1. The Balaban J connectivity index is 1.48. The molecule has 1 aromatic carbocycles. The minimum Gasteiger partial charge on any atom is -0.477 e. The van der Waals surface area contributed by atoms with Gasteiger partial charge in [-0.2, -0.15) is 0 Å². The summed E-state index contributed by atoms with van der Waals surface area (Å²) >= 11 is 3.08. The monoisotopic (exact) mass is 359 g/mol. The summed E-state index contributed by atoms with van der Waals surface area (Å²) in [4.78, 5) is 33.2. The van der Waals surface area contributed by atoms with Crippen molar-refractivity contribution < 1.29 is 14.7 Å². The van der Waals surface area contributed by atoms with Crippen molar-refractivity contribution in [2.45, 2.75) is 15.5 Å². The first-order valence-corrected chi connectivity index (χ1v) is 9.22. The van der Waals surface area contributed by atoms with Gasteiger partial charge in [0.15, 0.2) is 0 Å². The highest BCUT2D eigenvalue weighted by Crippen LogP contribution is 2.45. The van der Waals surface area contributed by atoms with E-state index >= 15 is 0 Å². The number of hydrogen-bond donors (Lipinski definition) is 2. The molecule has 1 fully saturated rings. The number of nitrogens with zero attached hydrogens (tertiary/aromatic N) is 2. The third-order valence-corrected chi connectivity index (χ3v) is 6.52. The lowest BCUT2D eigenvalue weighted by Gasteiger charge is -2.47. The third-order valence-electron chi connectivity index (χ3n) is 3.91. The first-order chi connectivity index (χ1) is 11.6. The van der Waals surface area contributed by atoms with Crippen molar-refractivity contribution in [1.29, 1.82) is 0 Å². The maximum Gasteiger partial charge on any atom is 0.352 e. The fraction of sp³-hybridized carbons (Fsp3) is 0.188. The van der Waals surface area contributed by atoms with Crippen LogP contribution in [-0.4, -0.2) is 48.2 Å². The van der Waals surface area contributed by atoms with Gasteiger partial charge in [-0.3, -0.25) is 9.69 Å². The van der Waals surface area contributed by atoms with E-state index in [9.17, 15) is 14.7 Å². The van der Waals surface area contributed by atoms with Crippen molar-refractivity contribution in [1.82, 2.24) is 14.9 Å². The Hall–Kier alpha value is -2.19. The summed E-state index contributed by atoms with van der Waals surface area (Å²) in [6.07, 6.45) is 5.07. The van der Waals surface area contributed by atoms with Gasteiger partial charge in [0.25, 0.3) is 0 Å². The molecular weight excluding hydrogens is 346 g/mol. The number of fused-ring (bicyclic) bond motifs is 1. The lowest BCUT2D eigenvalue weighted by molar-refractivity contribution is -0.145. The molecule has 2 atom stereocenters. The number of hydrogen-bond acceptors (Lipinski definition) is 5. The normalized spacial score (nSPS) is 22.6. The van der Waals surface area contributed by atoms with Gasteiger partial charge in [-0.15, -0.1) is 23.5 Å². The fourth-order valence-corrected chi connectivity index (χ4v) is 5.29. The van der Waals surface area contributed by atoms with Crippen molar-refractivity contribution in [3.63, 3.8) is 0 Å². The van der Waals surface area contributed by atoms with Crippen molar-refractivity contribution in [3.05, 3.63) is 48.4 Å². The van der Waals surface area contributed by atoms with Gasteiger partial charge in [0.2, 0.25) is 5.91 Å². The van der Waals surface area contributed by atoms with E-state index in [1.807, 2.05) is 24.3 Å². The number of amides is 1. The van der Waals surface area contributed by atoms with E-state index in [-0.39, 0.29) is 22.2 Å². The van der Waals surface area contributed by atoms with Gasteiger partial charge in [0.1, 0.15) is 22.1 Å². The van der Waals surface area contributed by atoms with Crippen molar-refractivity contribution in [2.75, 3.05) is 5.75 Å². The van der Waals surface area contributed by atoms with Crippen LogP contribution in [0.4, 0.5) is 0 Å². The Kier molecular flexibility index (Phi) is 3.85. The van der Waals surface area contributed by atoms with E-state index in [2.05, 4.69) is 9.97 Å². The van der Waals surface area contributed by atoms with Crippen LogP contribution in [0.25, 0.3) is 11.4 Å². The van der Waals surface area contributed by atoms with Crippen LogP contribution in [0, 0.1) is 0 Å². The maximum absolute atomic E-state index is 12.3. The van der Waals surface area contributed by atoms with Gasteiger partial charge in [-0.25, -0.2) is 9.78 Å². The molecule has 3 heterocycles. The van der Waals surface area contributed by atoms with E-state index < -0.39 is 5.97 Å². The van der Waals surface area contributed by atoms with E-state index in [1.54, 1.807) is 30.2 Å². The molecule has 24 heavy (non-hydrogen) atoms. The summed E-state index contributed by atoms with van der Waals surface area (Å²) in [5, 5.41) is 8.84. The van der Waals surface area contributed by atoms with Crippen LogP contribution in [0.2, 0.25) is 0 Å². The summed E-state index contributed by atoms with van der Waals surface area (Å²) in [5.74, 6) is 0.238. The molecule has 0 bridgehead atoms. The second-order valence-electron chi connectivity index (χ2n) is 5.33. The van der Waals surface area contributed by atoms with Gasteiger partial charge < -0.3 is 10.1 Å². The third kappa shape index (κ3) is 2.51. The van der Waals surface area contributed by atoms with Crippen LogP contribution in [0.15, 0.2) is 53.3 Å². The maximum atomic E-state index is 12.3. The molecule has 122 valence electrons. The molecule has 2 N–H and O–H groups in total. The molecule has 4 rings (SSSR count). The van der Waals surface area contributed by atoms with E-state index in [0.717, 1.165) is 16.3 Å². The Morgan fingerprint density at radius 3 is 2.83 bits per heavy atom. The number of H-pyrrole nitrogens is 1. The molecule has 1 aromatic heterocycles. The number of benzene rings is 1. The highest BCUT2D eigenvalue weighted by atomic mass is 32.2. The van der Waals surface area contributed by atoms with Crippen LogP contribution >= 0.6 is 23.5 Å². The van der Waals surface area contributed by atoms with Gasteiger partial charge >= 0.3 is 5.97 Å². The lowest BCUT2D eigenvalue weighted by Crippen LogP contribution is -2.62. The molecule has 8 heteroatoms. The molecule has 1 saturated heterocycles. The van der Waals surface area contributed by atoms with Crippen LogP contribution in [0.5, 0.6) is 0 Å². The Morgan fingerprint density at radius 2 is 2.17 bits per heavy atom. The molecule has 2 aliphatic rings. The van der Waals surface area contributed by atoms with E-state index in [0.29, 0.717) is 5.75 Å². The zero-order valence-corrected chi connectivity index (χ0v) is 14.0. The summed E-state index contributed by atoms with van der Waals surface area (Å²) in [5.41, 5.74) is 1.09. The first-order valence-electron chi connectivity index (χ1n) is 7.30. The molecule has 0 saturated carbocycles. The quantitative estimate of drug-likeness (QED) is 0.816. The summed E-state index contributed by atoms with van der Waals surface area (Å²) < 4.78 is 0. The van der Waals surface area contributed by atoms with Crippen LogP contribution in [0.1, 0.15) is 0 Å². The Labute approximate surface area is 146 Å².